The Bertz CT molecular complexity index is 952. The van der Waals surface area contributed by atoms with Crippen molar-refractivity contribution in [1.29, 1.82) is 0 Å². The van der Waals surface area contributed by atoms with Crippen LogP contribution >= 0.6 is 11.3 Å². The molecule has 1 aromatic heterocycles. The lowest BCUT2D eigenvalue weighted by molar-refractivity contribution is -0.138. The normalized spacial score (nSPS) is 24.5. The number of likely N-dealkylation sites (N-methyl/N-ethyl adjacent to an activating group) is 1. The van der Waals surface area contributed by atoms with Gasteiger partial charge in [-0.3, -0.25) is 0 Å². The van der Waals surface area contributed by atoms with Crippen molar-refractivity contribution in [3.05, 3.63) is 51.7 Å². The largest absolute Gasteiger partial charge is 0.416 e. The number of alkyl halides is 3. The fraction of sp³-hybridized carbons (Fsp3) is 0.522. The van der Waals surface area contributed by atoms with Crippen LogP contribution in [-0.2, 0) is 10.9 Å². The molecule has 1 fully saturated rings. The van der Waals surface area contributed by atoms with Crippen LogP contribution in [-0.4, -0.2) is 50.8 Å². The highest BCUT2D eigenvalue weighted by atomic mass is 32.1. The molecule has 2 amide bonds. The van der Waals surface area contributed by atoms with Gasteiger partial charge in [0.2, 0.25) is 0 Å². The number of rotatable bonds is 6. The van der Waals surface area contributed by atoms with Crippen molar-refractivity contribution in [2.45, 2.75) is 37.3 Å². The summed E-state index contributed by atoms with van der Waals surface area (Å²) in [5.74, 6) is 0.00445. The van der Waals surface area contributed by atoms with Crippen molar-refractivity contribution in [2.24, 2.45) is 5.92 Å². The summed E-state index contributed by atoms with van der Waals surface area (Å²) in [6.07, 6.45) is -3.67. The predicted molar refractivity (Wildman–Crippen MR) is 122 cm³/mol. The zero-order valence-electron chi connectivity index (χ0n) is 18.6. The fourth-order valence-corrected chi connectivity index (χ4v) is 5.35. The van der Waals surface area contributed by atoms with Gasteiger partial charge in [-0.1, -0.05) is 6.07 Å². The van der Waals surface area contributed by atoms with Crippen LogP contribution in [0.2, 0.25) is 0 Å². The van der Waals surface area contributed by atoms with Gasteiger partial charge in [0.15, 0.2) is 0 Å². The van der Waals surface area contributed by atoms with E-state index in [0.29, 0.717) is 24.3 Å². The zero-order valence-corrected chi connectivity index (χ0v) is 19.4. The molecule has 6 nitrogen and oxygen atoms in total. The van der Waals surface area contributed by atoms with Crippen LogP contribution in [0.1, 0.15) is 41.0 Å². The number of carbonyl (C=O) groups is 1. The number of halogens is 3. The van der Waals surface area contributed by atoms with Gasteiger partial charge in [0.05, 0.1) is 23.8 Å². The molecule has 2 aliphatic heterocycles. The van der Waals surface area contributed by atoms with Gasteiger partial charge in [0.1, 0.15) is 0 Å². The SMILES string of the molecule is CN(C)CCNC(=O)NC[C@H]1CC[C@@H]2[C@H](O1)c1cc(C(F)(F)F)ccc1N[C@H]2c1cccs1. The Hall–Kier alpha value is -2.30. The monoisotopic (exact) mass is 482 g/mol. The third kappa shape index (κ3) is 5.62. The van der Waals surface area contributed by atoms with Gasteiger partial charge in [-0.25, -0.2) is 4.79 Å². The third-order valence-corrected chi connectivity index (χ3v) is 7.11. The van der Waals surface area contributed by atoms with Gasteiger partial charge in [0.25, 0.3) is 0 Å². The maximum absolute atomic E-state index is 13.4. The minimum Gasteiger partial charge on any atom is -0.377 e. The van der Waals surface area contributed by atoms with Gasteiger partial charge < -0.3 is 25.6 Å². The van der Waals surface area contributed by atoms with Crippen molar-refractivity contribution >= 4 is 23.1 Å². The first-order valence-electron chi connectivity index (χ1n) is 11.1. The van der Waals surface area contributed by atoms with E-state index < -0.39 is 17.8 Å². The van der Waals surface area contributed by atoms with Gasteiger partial charge in [-0.15, -0.1) is 11.3 Å². The molecule has 0 radical (unpaired) electrons. The van der Waals surface area contributed by atoms with Crippen LogP contribution in [0.3, 0.4) is 0 Å². The Kier molecular flexibility index (Phi) is 7.16. The van der Waals surface area contributed by atoms with Crippen LogP contribution < -0.4 is 16.0 Å². The minimum atomic E-state index is -4.42. The van der Waals surface area contributed by atoms with E-state index >= 15 is 0 Å². The second-order valence-electron chi connectivity index (χ2n) is 8.80. The van der Waals surface area contributed by atoms with Crippen molar-refractivity contribution in [2.75, 3.05) is 39.0 Å². The summed E-state index contributed by atoms with van der Waals surface area (Å²) in [6, 6.07) is 7.53. The lowest BCUT2D eigenvalue weighted by Crippen LogP contribution is -2.45. The number of nitrogens with zero attached hydrogens (tertiary/aromatic N) is 1. The van der Waals surface area contributed by atoms with Gasteiger partial charge in [-0.05, 0) is 56.6 Å². The van der Waals surface area contributed by atoms with E-state index in [1.54, 1.807) is 11.3 Å². The number of thiophene rings is 1. The maximum Gasteiger partial charge on any atom is 0.416 e. The molecule has 3 heterocycles. The number of nitrogens with one attached hydrogen (secondary N) is 3. The van der Waals surface area contributed by atoms with Crippen molar-refractivity contribution in [3.8, 4) is 0 Å². The third-order valence-electron chi connectivity index (χ3n) is 6.16. The molecule has 1 aromatic carbocycles. The lowest BCUT2D eigenvalue weighted by atomic mass is 9.78. The first kappa shape index (κ1) is 23.8. The highest BCUT2D eigenvalue weighted by molar-refractivity contribution is 7.10. The number of hydrogen-bond donors (Lipinski definition) is 3. The first-order chi connectivity index (χ1) is 15.7. The van der Waals surface area contributed by atoms with Gasteiger partial charge in [-0.2, -0.15) is 13.2 Å². The molecule has 33 heavy (non-hydrogen) atoms. The highest BCUT2D eigenvalue weighted by Crippen LogP contribution is 2.51. The lowest BCUT2D eigenvalue weighted by Gasteiger charge is -2.45. The number of anilines is 1. The van der Waals surface area contributed by atoms with Crippen LogP contribution in [0.25, 0.3) is 0 Å². The number of ether oxygens (including phenoxy) is 1. The van der Waals surface area contributed by atoms with E-state index in [9.17, 15) is 18.0 Å². The summed E-state index contributed by atoms with van der Waals surface area (Å²) in [4.78, 5) is 15.2. The number of carbonyl (C=O) groups excluding carboxylic acids is 1. The Balaban J connectivity index is 1.50. The molecule has 0 bridgehead atoms. The molecule has 10 heteroatoms. The minimum absolute atomic E-state index is 0.00445. The zero-order chi connectivity index (χ0) is 23.6. The van der Waals surface area contributed by atoms with Crippen LogP contribution in [0.5, 0.6) is 0 Å². The van der Waals surface area contributed by atoms with E-state index in [-0.39, 0.29) is 24.1 Å². The Morgan fingerprint density at radius 3 is 2.76 bits per heavy atom. The second-order valence-corrected chi connectivity index (χ2v) is 9.78. The quantitative estimate of drug-likeness (QED) is 0.562. The summed E-state index contributed by atoms with van der Waals surface area (Å²) in [5, 5.41) is 11.1. The summed E-state index contributed by atoms with van der Waals surface area (Å²) in [5.41, 5.74) is 0.515. The fourth-order valence-electron chi connectivity index (χ4n) is 4.49. The molecule has 0 unspecified atom stereocenters. The molecule has 2 aromatic rings. The first-order valence-corrected chi connectivity index (χ1v) is 11.9. The second kappa shape index (κ2) is 9.90. The molecule has 1 saturated heterocycles. The average Bonchev–Trinajstić information content (AvgIpc) is 3.30. The topological polar surface area (TPSA) is 65.6 Å². The van der Waals surface area contributed by atoms with Gasteiger partial charge in [0, 0.05) is 41.7 Å². The molecule has 3 N–H and O–H groups in total. The molecule has 0 spiro atoms. The summed E-state index contributed by atoms with van der Waals surface area (Å²) in [6.45, 7) is 1.56. The Morgan fingerprint density at radius 2 is 2.06 bits per heavy atom. The molecule has 4 rings (SSSR count). The molecular weight excluding hydrogens is 453 g/mol. The highest BCUT2D eigenvalue weighted by Gasteiger charge is 2.44. The number of fused-ring (bicyclic) bond motifs is 3. The molecule has 0 saturated carbocycles. The van der Waals surface area contributed by atoms with E-state index in [0.717, 1.165) is 30.3 Å². The van der Waals surface area contributed by atoms with Crippen LogP contribution in [0.15, 0.2) is 35.7 Å². The molecule has 4 atom stereocenters. The molecule has 0 aliphatic carbocycles. The number of benzene rings is 1. The van der Waals surface area contributed by atoms with Crippen molar-refractivity contribution in [3.63, 3.8) is 0 Å². The van der Waals surface area contributed by atoms with E-state index in [1.165, 1.54) is 12.1 Å². The number of amides is 2. The Morgan fingerprint density at radius 1 is 1.24 bits per heavy atom. The number of hydrogen-bond acceptors (Lipinski definition) is 5. The average molecular weight is 483 g/mol. The van der Waals surface area contributed by atoms with E-state index in [1.807, 2.05) is 36.5 Å². The molecule has 180 valence electrons. The summed E-state index contributed by atoms with van der Waals surface area (Å²) in [7, 11) is 3.85. The van der Waals surface area contributed by atoms with Gasteiger partial charge >= 0.3 is 12.2 Å². The summed E-state index contributed by atoms with van der Waals surface area (Å²) >= 11 is 1.62. The number of urea groups is 1. The Labute approximate surface area is 195 Å². The smallest absolute Gasteiger partial charge is 0.377 e. The molecular formula is C23H29F3N4O2S. The maximum atomic E-state index is 13.4. The van der Waals surface area contributed by atoms with Crippen LogP contribution in [0.4, 0.5) is 23.7 Å². The van der Waals surface area contributed by atoms with E-state index in [4.69, 9.17) is 4.74 Å². The standard InChI is InChI=1S/C23H29F3N4O2S/c1-30(2)10-9-27-22(31)28-13-15-6-7-16-20(19-4-3-11-33-19)29-18-8-5-14(23(24,25)26)12-17(18)21(16)32-15/h3-5,8,11-12,15-16,20-21,29H,6-7,9-10,13H2,1-2H3,(H2,27,28,31)/t15-,16+,20-,21+/m1/s1. The predicted octanol–water partition coefficient (Wildman–Crippen LogP) is 4.63. The van der Waals surface area contributed by atoms with E-state index in [2.05, 4.69) is 16.0 Å². The van der Waals surface area contributed by atoms with Crippen LogP contribution in [0, 0.1) is 5.92 Å². The van der Waals surface area contributed by atoms with Crippen molar-refractivity contribution in [1.82, 2.24) is 15.5 Å². The summed E-state index contributed by atoms with van der Waals surface area (Å²) < 4.78 is 46.6. The molecule has 2 aliphatic rings. The van der Waals surface area contributed by atoms with Crippen molar-refractivity contribution < 1.29 is 22.7 Å².